The van der Waals surface area contributed by atoms with Gasteiger partial charge in [-0.3, -0.25) is 13.8 Å². The van der Waals surface area contributed by atoms with Crippen molar-refractivity contribution >= 4 is 43.0 Å². The average molecular weight is 582 g/mol. The Morgan fingerprint density at radius 3 is 1.80 bits per heavy atom. The summed E-state index contributed by atoms with van der Waals surface area (Å²) in [5.41, 5.74) is 3.39. The molecule has 4 rings (SSSR count). The Hall–Kier alpha value is -4.22. The first-order valence-corrected chi connectivity index (χ1v) is 15.1. The maximum Gasteiger partial charge on any atom is 0.264 e. The molecular formula is C29H28FN3O5S2. The molecule has 4 aromatic rings. The Balaban J connectivity index is 1.55. The van der Waals surface area contributed by atoms with Gasteiger partial charge in [0.25, 0.3) is 20.0 Å². The van der Waals surface area contributed by atoms with Crippen molar-refractivity contribution < 1.29 is 26.0 Å². The smallest absolute Gasteiger partial charge is 0.264 e. The van der Waals surface area contributed by atoms with Crippen molar-refractivity contribution in [3.63, 3.8) is 0 Å². The van der Waals surface area contributed by atoms with Gasteiger partial charge in [-0.2, -0.15) is 0 Å². The van der Waals surface area contributed by atoms with Crippen LogP contribution in [0.1, 0.15) is 16.7 Å². The van der Waals surface area contributed by atoms with Crippen LogP contribution in [0.2, 0.25) is 0 Å². The Bertz CT molecular complexity index is 1720. The lowest BCUT2D eigenvalue weighted by Crippen LogP contribution is -2.38. The Morgan fingerprint density at radius 2 is 1.23 bits per heavy atom. The van der Waals surface area contributed by atoms with Crippen LogP contribution >= 0.6 is 0 Å². The number of carbonyl (C=O) groups excluding carboxylic acids is 1. The number of carbonyl (C=O) groups is 1. The molecule has 1 amide bonds. The highest BCUT2D eigenvalue weighted by Gasteiger charge is 2.28. The molecule has 2 N–H and O–H groups in total. The average Bonchev–Trinajstić information content (AvgIpc) is 2.88. The number of hydrogen-bond acceptors (Lipinski definition) is 5. The molecule has 8 nitrogen and oxygen atoms in total. The zero-order chi connectivity index (χ0) is 29.1. The highest BCUT2D eigenvalue weighted by Crippen LogP contribution is 2.26. The van der Waals surface area contributed by atoms with E-state index in [0.717, 1.165) is 33.1 Å². The van der Waals surface area contributed by atoms with Crippen molar-refractivity contribution in [3.8, 4) is 0 Å². The van der Waals surface area contributed by atoms with Crippen LogP contribution in [0.25, 0.3) is 0 Å². The molecule has 4 aromatic carbocycles. The molecule has 0 bridgehead atoms. The number of benzene rings is 4. The summed E-state index contributed by atoms with van der Waals surface area (Å²) >= 11 is 0. The normalized spacial score (nSPS) is 11.6. The van der Waals surface area contributed by atoms with Gasteiger partial charge in [-0.05, 0) is 105 Å². The molecule has 0 aromatic heterocycles. The number of sulfonamides is 2. The van der Waals surface area contributed by atoms with Crippen LogP contribution in [0.4, 0.5) is 21.5 Å². The Kier molecular flexibility index (Phi) is 8.26. The molecule has 208 valence electrons. The molecule has 0 aliphatic heterocycles. The second kappa shape index (κ2) is 11.5. The Labute approximate surface area is 233 Å². The SMILES string of the molecule is Cc1ccc(S(=O)(=O)N(CC(=O)Nc2ccc(S(=O)(=O)Nc3ccc(F)cc3)cc2)c2cc(C)cc(C)c2)cc1. The van der Waals surface area contributed by atoms with Crippen molar-refractivity contribution in [3.05, 3.63) is 114 Å². The van der Waals surface area contributed by atoms with Crippen LogP contribution in [0.3, 0.4) is 0 Å². The van der Waals surface area contributed by atoms with Crippen molar-refractivity contribution in [2.45, 2.75) is 30.6 Å². The fraction of sp³-hybridized carbons (Fsp3) is 0.138. The van der Waals surface area contributed by atoms with E-state index in [1.165, 1.54) is 48.5 Å². The van der Waals surface area contributed by atoms with Gasteiger partial charge in [-0.25, -0.2) is 21.2 Å². The molecule has 0 spiro atoms. The lowest BCUT2D eigenvalue weighted by Gasteiger charge is -2.25. The van der Waals surface area contributed by atoms with Gasteiger partial charge in [-0.15, -0.1) is 0 Å². The van der Waals surface area contributed by atoms with E-state index in [9.17, 15) is 26.0 Å². The van der Waals surface area contributed by atoms with E-state index in [1.807, 2.05) is 26.8 Å². The largest absolute Gasteiger partial charge is 0.325 e. The third-order valence-corrected chi connectivity index (χ3v) is 9.12. The maximum atomic E-state index is 13.6. The van der Waals surface area contributed by atoms with E-state index >= 15 is 0 Å². The Morgan fingerprint density at radius 1 is 0.700 bits per heavy atom. The lowest BCUT2D eigenvalue weighted by atomic mass is 10.1. The predicted molar refractivity (Wildman–Crippen MR) is 154 cm³/mol. The molecule has 0 aliphatic rings. The monoisotopic (exact) mass is 581 g/mol. The molecule has 40 heavy (non-hydrogen) atoms. The number of halogens is 1. The summed E-state index contributed by atoms with van der Waals surface area (Å²) in [6.07, 6.45) is 0. The molecule has 0 unspecified atom stereocenters. The van der Waals surface area contributed by atoms with Gasteiger partial charge in [0.2, 0.25) is 5.91 Å². The standard InChI is InChI=1S/C29H28FN3O5S2/c1-20-4-12-28(13-5-20)40(37,38)33(26-17-21(2)16-22(3)18-26)19-29(34)31-24-10-14-27(15-11-24)39(35,36)32-25-8-6-23(30)7-9-25/h4-18,32H,19H2,1-3H3,(H,31,34). The molecule has 0 radical (unpaired) electrons. The van der Waals surface area contributed by atoms with Crippen molar-refractivity contribution in [1.82, 2.24) is 0 Å². The summed E-state index contributed by atoms with van der Waals surface area (Å²) in [6, 6.07) is 21.9. The zero-order valence-corrected chi connectivity index (χ0v) is 23.7. The van der Waals surface area contributed by atoms with Crippen LogP contribution in [0.15, 0.2) is 101 Å². The summed E-state index contributed by atoms with van der Waals surface area (Å²) in [6.45, 7) is 5.02. The van der Waals surface area contributed by atoms with Gasteiger partial charge in [0, 0.05) is 11.4 Å². The minimum atomic E-state index is -4.09. The van der Waals surface area contributed by atoms with E-state index in [2.05, 4.69) is 10.0 Å². The number of nitrogens with zero attached hydrogens (tertiary/aromatic N) is 1. The minimum absolute atomic E-state index is 0.0493. The number of aryl methyl sites for hydroxylation is 3. The van der Waals surface area contributed by atoms with Gasteiger partial charge < -0.3 is 5.32 Å². The van der Waals surface area contributed by atoms with E-state index in [4.69, 9.17) is 0 Å². The molecule has 0 heterocycles. The number of anilines is 3. The van der Waals surface area contributed by atoms with Crippen LogP contribution in [-0.2, 0) is 24.8 Å². The quantitative estimate of drug-likeness (QED) is 0.275. The topological polar surface area (TPSA) is 113 Å². The second-order valence-electron chi connectivity index (χ2n) is 9.36. The van der Waals surface area contributed by atoms with Gasteiger partial charge >= 0.3 is 0 Å². The second-order valence-corrected chi connectivity index (χ2v) is 12.9. The fourth-order valence-electron chi connectivity index (χ4n) is 4.03. The summed E-state index contributed by atoms with van der Waals surface area (Å²) in [7, 11) is -8.05. The zero-order valence-electron chi connectivity index (χ0n) is 22.1. The molecule has 0 atom stereocenters. The fourth-order valence-corrected chi connectivity index (χ4v) is 6.49. The van der Waals surface area contributed by atoms with Crippen LogP contribution < -0.4 is 14.3 Å². The van der Waals surface area contributed by atoms with E-state index in [1.54, 1.807) is 24.3 Å². The summed E-state index contributed by atoms with van der Waals surface area (Å²) in [5, 5.41) is 2.64. The number of amides is 1. The van der Waals surface area contributed by atoms with Gasteiger partial charge in [0.15, 0.2) is 0 Å². The van der Waals surface area contributed by atoms with Crippen LogP contribution in [-0.4, -0.2) is 29.3 Å². The molecule has 0 saturated heterocycles. The van der Waals surface area contributed by atoms with E-state index < -0.39 is 38.3 Å². The van der Waals surface area contributed by atoms with Gasteiger partial charge in [-0.1, -0.05) is 23.8 Å². The first-order chi connectivity index (χ1) is 18.8. The van der Waals surface area contributed by atoms with Crippen LogP contribution in [0.5, 0.6) is 0 Å². The molecule has 11 heteroatoms. The summed E-state index contributed by atoms with van der Waals surface area (Å²) in [5.74, 6) is -1.11. The molecule has 0 saturated carbocycles. The van der Waals surface area contributed by atoms with Gasteiger partial charge in [0.05, 0.1) is 15.5 Å². The summed E-state index contributed by atoms with van der Waals surface area (Å²) < 4.78 is 69.1. The number of nitrogens with one attached hydrogen (secondary N) is 2. The van der Waals surface area contributed by atoms with Gasteiger partial charge in [0.1, 0.15) is 12.4 Å². The van der Waals surface area contributed by atoms with E-state index in [0.29, 0.717) is 5.69 Å². The maximum absolute atomic E-state index is 13.6. The molecule has 0 fully saturated rings. The highest BCUT2D eigenvalue weighted by molar-refractivity contribution is 7.93. The lowest BCUT2D eigenvalue weighted by molar-refractivity contribution is -0.114. The number of hydrogen-bond donors (Lipinski definition) is 2. The molecular weight excluding hydrogens is 553 g/mol. The van der Waals surface area contributed by atoms with Crippen molar-refractivity contribution in [2.24, 2.45) is 0 Å². The summed E-state index contributed by atoms with van der Waals surface area (Å²) in [4.78, 5) is 13.0. The third-order valence-electron chi connectivity index (χ3n) is 5.94. The minimum Gasteiger partial charge on any atom is -0.325 e. The number of rotatable bonds is 9. The first kappa shape index (κ1) is 28.8. The van der Waals surface area contributed by atoms with Crippen molar-refractivity contribution in [1.29, 1.82) is 0 Å². The van der Waals surface area contributed by atoms with Crippen molar-refractivity contribution in [2.75, 3.05) is 20.9 Å². The third kappa shape index (κ3) is 6.85. The highest BCUT2D eigenvalue weighted by atomic mass is 32.2. The van der Waals surface area contributed by atoms with E-state index in [-0.39, 0.29) is 21.2 Å². The first-order valence-electron chi connectivity index (χ1n) is 12.2. The molecule has 0 aliphatic carbocycles. The predicted octanol–water partition coefficient (Wildman–Crippen LogP) is 5.39. The van der Waals surface area contributed by atoms with Crippen LogP contribution in [0, 0.1) is 26.6 Å².